The molecule has 1 nitrogen and oxygen atoms in total. The SMILES string of the molecule is N#Cc1ccc(-c2cccc(-c3ccc4c5c(cccc35)-c3ccccc3-4)c2)cc1. The second-order valence-corrected chi connectivity index (χ2v) is 7.70. The van der Waals surface area contributed by atoms with Crippen molar-refractivity contribution in [2.24, 2.45) is 0 Å². The van der Waals surface area contributed by atoms with Gasteiger partial charge in [0, 0.05) is 0 Å². The third-order valence-electron chi connectivity index (χ3n) is 6.07. The average molecular weight is 379 g/mol. The van der Waals surface area contributed by atoms with E-state index in [0.717, 1.165) is 11.1 Å². The number of hydrogen-bond acceptors (Lipinski definition) is 1. The molecule has 0 spiro atoms. The Hall–Kier alpha value is -4.15. The quantitative estimate of drug-likeness (QED) is 0.302. The lowest BCUT2D eigenvalue weighted by atomic mass is 9.92. The standard InChI is InChI=1S/C29H17N/c30-18-19-11-13-20(14-12-19)21-5-3-6-22(17-21)23-15-16-28-25-8-2-1-7-24(25)27-10-4-9-26(23)29(27)28/h1-17H. The summed E-state index contributed by atoms with van der Waals surface area (Å²) in [4.78, 5) is 0. The molecule has 6 rings (SSSR count). The minimum Gasteiger partial charge on any atom is -0.192 e. The molecule has 0 aliphatic heterocycles. The van der Waals surface area contributed by atoms with E-state index in [1.54, 1.807) is 0 Å². The Kier molecular flexibility index (Phi) is 3.60. The van der Waals surface area contributed by atoms with Gasteiger partial charge in [-0.15, -0.1) is 0 Å². The normalized spacial score (nSPS) is 11.3. The van der Waals surface area contributed by atoms with Crippen LogP contribution in [0.5, 0.6) is 0 Å². The second-order valence-electron chi connectivity index (χ2n) is 7.70. The first kappa shape index (κ1) is 16.8. The van der Waals surface area contributed by atoms with Gasteiger partial charge in [-0.2, -0.15) is 5.26 Å². The van der Waals surface area contributed by atoms with Crippen molar-refractivity contribution in [2.45, 2.75) is 0 Å². The maximum absolute atomic E-state index is 9.06. The molecule has 0 saturated carbocycles. The van der Waals surface area contributed by atoms with Gasteiger partial charge in [-0.05, 0) is 73.5 Å². The molecular weight excluding hydrogens is 362 g/mol. The first-order chi connectivity index (χ1) is 14.8. The van der Waals surface area contributed by atoms with Gasteiger partial charge in [-0.1, -0.05) is 84.9 Å². The van der Waals surface area contributed by atoms with Crippen LogP contribution >= 0.6 is 0 Å². The van der Waals surface area contributed by atoms with Crippen LogP contribution in [0.15, 0.2) is 103 Å². The molecule has 0 bridgehead atoms. The Morgan fingerprint density at radius 3 is 1.87 bits per heavy atom. The van der Waals surface area contributed by atoms with Crippen molar-refractivity contribution in [1.82, 2.24) is 0 Å². The van der Waals surface area contributed by atoms with E-state index >= 15 is 0 Å². The van der Waals surface area contributed by atoms with Crippen molar-refractivity contribution in [3.8, 4) is 50.6 Å². The zero-order valence-corrected chi connectivity index (χ0v) is 16.3. The van der Waals surface area contributed by atoms with Gasteiger partial charge in [0.15, 0.2) is 0 Å². The molecule has 0 radical (unpaired) electrons. The van der Waals surface area contributed by atoms with Gasteiger partial charge in [0.05, 0.1) is 11.6 Å². The van der Waals surface area contributed by atoms with Gasteiger partial charge in [-0.25, -0.2) is 0 Å². The zero-order valence-electron chi connectivity index (χ0n) is 16.3. The topological polar surface area (TPSA) is 23.8 Å². The monoisotopic (exact) mass is 379 g/mol. The van der Waals surface area contributed by atoms with Crippen LogP contribution in [0.25, 0.3) is 55.3 Å². The van der Waals surface area contributed by atoms with Gasteiger partial charge in [-0.3, -0.25) is 0 Å². The summed E-state index contributed by atoms with van der Waals surface area (Å²) in [5.41, 5.74) is 10.7. The molecule has 0 aromatic heterocycles. The Labute approximate surface area is 175 Å². The molecule has 1 heteroatoms. The van der Waals surface area contributed by atoms with Gasteiger partial charge >= 0.3 is 0 Å². The predicted molar refractivity (Wildman–Crippen MR) is 124 cm³/mol. The third-order valence-corrected chi connectivity index (χ3v) is 6.07. The molecule has 0 saturated heterocycles. The smallest absolute Gasteiger partial charge is 0.0991 e. The maximum atomic E-state index is 9.06. The number of nitriles is 1. The number of nitrogens with zero attached hydrogens (tertiary/aromatic N) is 1. The van der Waals surface area contributed by atoms with Crippen molar-refractivity contribution in [2.75, 3.05) is 0 Å². The summed E-state index contributed by atoms with van der Waals surface area (Å²) >= 11 is 0. The molecule has 1 aliphatic rings. The molecule has 30 heavy (non-hydrogen) atoms. The van der Waals surface area contributed by atoms with E-state index in [4.69, 9.17) is 5.26 Å². The highest BCUT2D eigenvalue weighted by atomic mass is 14.2. The summed E-state index contributed by atoms with van der Waals surface area (Å²) in [6.07, 6.45) is 0. The first-order valence-electron chi connectivity index (χ1n) is 10.1. The fraction of sp³-hybridized carbons (Fsp3) is 0. The van der Waals surface area contributed by atoms with E-state index in [0.29, 0.717) is 5.56 Å². The molecule has 0 amide bonds. The molecule has 1 aliphatic carbocycles. The molecule has 0 heterocycles. The minimum absolute atomic E-state index is 0.682. The molecule has 138 valence electrons. The minimum atomic E-state index is 0.682. The van der Waals surface area contributed by atoms with Crippen LogP contribution in [0, 0.1) is 11.3 Å². The fourth-order valence-electron chi connectivity index (χ4n) is 4.66. The Bertz CT molecular complexity index is 1450. The highest BCUT2D eigenvalue weighted by Crippen LogP contribution is 2.49. The van der Waals surface area contributed by atoms with Crippen molar-refractivity contribution < 1.29 is 0 Å². The van der Waals surface area contributed by atoms with E-state index in [1.165, 1.54) is 44.2 Å². The molecule has 0 unspecified atom stereocenters. The Morgan fingerprint density at radius 2 is 1.10 bits per heavy atom. The number of rotatable bonds is 2. The first-order valence-corrected chi connectivity index (χ1v) is 10.1. The van der Waals surface area contributed by atoms with E-state index in [1.807, 2.05) is 24.3 Å². The Morgan fingerprint density at radius 1 is 0.467 bits per heavy atom. The van der Waals surface area contributed by atoms with Crippen molar-refractivity contribution in [1.29, 1.82) is 5.26 Å². The third kappa shape index (κ3) is 2.41. The van der Waals surface area contributed by atoms with Gasteiger partial charge in [0.2, 0.25) is 0 Å². The lowest BCUT2D eigenvalue weighted by Crippen LogP contribution is -1.85. The highest BCUT2D eigenvalue weighted by Gasteiger charge is 2.22. The van der Waals surface area contributed by atoms with Crippen LogP contribution in [-0.4, -0.2) is 0 Å². The van der Waals surface area contributed by atoms with E-state index in [9.17, 15) is 0 Å². The lowest BCUT2D eigenvalue weighted by Gasteiger charge is -2.11. The number of hydrogen-bond donors (Lipinski definition) is 0. The summed E-state index contributed by atoms with van der Waals surface area (Å²) < 4.78 is 0. The van der Waals surface area contributed by atoms with Crippen LogP contribution in [0.3, 0.4) is 0 Å². The van der Waals surface area contributed by atoms with Crippen molar-refractivity contribution >= 4 is 10.8 Å². The van der Waals surface area contributed by atoms with E-state index in [2.05, 4.69) is 84.9 Å². The lowest BCUT2D eigenvalue weighted by molar-refractivity contribution is 1.48. The Balaban J connectivity index is 1.54. The molecule has 0 fully saturated rings. The van der Waals surface area contributed by atoms with Crippen LogP contribution < -0.4 is 0 Å². The maximum Gasteiger partial charge on any atom is 0.0991 e. The van der Waals surface area contributed by atoms with E-state index in [-0.39, 0.29) is 0 Å². The summed E-state index contributed by atoms with van der Waals surface area (Å²) in [7, 11) is 0. The summed E-state index contributed by atoms with van der Waals surface area (Å²) in [6.45, 7) is 0. The summed E-state index contributed by atoms with van der Waals surface area (Å²) in [5.74, 6) is 0. The highest BCUT2D eigenvalue weighted by molar-refractivity contribution is 6.18. The number of benzene rings is 5. The van der Waals surface area contributed by atoms with Crippen LogP contribution in [0.4, 0.5) is 0 Å². The molecule has 5 aromatic carbocycles. The second kappa shape index (κ2) is 6.44. The largest absolute Gasteiger partial charge is 0.192 e. The van der Waals surface area contributed by atoms with Crippen LogP contribution in [-0.2, 0) is 0 Å². The van der Waals surface area contributed by atoms with Crippen molar-refractivity contribution in [3.05, 3.63) is 109 Å². The summed E-state index contributed by atoms with van der Waals surface area (Å²) in [6, 6.07) is 38.4. The average Bonchev–Trinajstić information content (AvgIpc) is 3.15. The van der Waals surface area contributed by atoms with Gasteiger partial charge < -0.3 is 0 Å². The fourth-order valence-corrected chi connectivity index (χ4v) is 4.66. The van der Waals surface area contributed by atoms with Gasteiger partial charge in [0.25, 0.3) is 0 Å². The van der Waals surface area contributed by atoms with Crippen LogP contribution in [0.1, 0.15) is 5.56 Å². The molecule has 5 aromatic rings. The van der Waals surface area contributed by atoms with E-state index < -0.39 is 0 Å². The predicted octanol–water partition coefficient (Wildman–Crippen LogP) is 7.69. The van der Waals surface area contributed by atoms with Crippen LogP contribution in [0.2, 0.25) is 0 Å². The molecule has 0 atom stereocenters. The zero-order chi connectivity index (χ0) is 20.1. The summed E-state index contributed by atoms with van der Waals surface area (Å²) in [5, 5.41) is 11.7. The van der Waals surface area contributed by atoms with Crippen molar-refractivity contribution in [3.63, 3.8) is 0 Å². The molecular formula is C29H17N. The van der Waals surface area contributed by atoms with Gasteiger partial charge in [0.1, 0.15) is 0 Å². The molecule has 0 N–H and O–H groups in total. The number of fused-ring (bicyclic) bond motifs is 3.